The summed E-state index contributed by atoms with van der Waals surface area (Å²) in [5.74, 6) is -1.10. The quantitative estimate of drug-likeness (QED) is 0.229. The Labute approximate surface area is 213 Å². The number of nitrogens with zero attached hydrogens (tertiary/aromatic N) is 2. The first-order valence-corrected chi connectivity index (χ1v) is 11.6. The van der Waals surface area contributed by atoms with Gasteiger partial charge in [-0.3, -0.25) is 14.4 Å². The Balaban J connectivity index is 1.90. The van der Waals surface area contributed by atoms with Gasteiger partial charge in [0.25, 0.3) is 11.5 Å². The van der Waals surface area contributed by atoms with Gasteiger partial charge in [0.2, 0.25) is 0 Å². The molecule has 198 valence electrons. The van der Waals surface area contributed by atoms with Crippen LogP contribution < -0.4 is 10.9 Å². The molecule has 0 saturated carbocycles. The molecule has 1 heterocycles. The smallest absolute Gasteiger partial charge is 0.309 e. The number of methoxy groups -OCH3 is 1. The summed E-state index contributed by atoms with van der Waals surface area (Å²) in [6.45, 7) is 2.56. The molecule has 0 spiro atoms. The van der Waals surface area contributed by atoms with Gasteiger partial charge in [0.15, 0.2) is 5.69 Å². The Morgan fingerprint density at radius 2 is 1.65 bits per heavy atom. The van der Waals surface area contributed by atoms with Crippen molar-refractivity contribution in [3.8, 4) is 0 Å². The van der Waals surface area contributed by atoms with E-state index in [2.05, 4.69) is 15.0 Å². The number of fused-ring (bicyclic) bond motifs is 1. The molecule has 0 aliphatic heterocycles. The highest BCUT2D eigenvalue weighted by atomic mass is 16.5. The third-order valence-corrected chi connectivity index (χ3v) is 6.17. The first-order valence-electron chi connectivity index (χ1n) is 11.6. The number of aryl methyl sites for hydroxylation is 2. The summed E-state index contributed by atoms with van der Waals surface area (Å²) < 4.78 is 5.77. The lowest BCUT2D eigenvalue weighted by Crippen LogP contribution is -2.44. The van der Waals surface area contributed by atoms with Crippen LogP contribution >= 0.6 is 0 Å². The minimum Gasteiger partial charge on any atom is -0.469 e. The summed E-state index contributed by atoms with van der Waals surface area (Å²) >= 11 is 0. The maximum Gasteiger partial charge on any atom is 0.309 e. The largest absolute Gasteiger partial charge is 0.469 e. The number of benzene rings is 2. The summed E-state index contributed by atoms with van der Waals surface area (Å²) in [7, 11) is 1.31. The number of carbonyl (C=O) groups excluding carboxylic acids is 2. The van der Waals surface area contributed by atoms with Crippen LogP contribution in [-0.4, -0.2) is 73.9 Å². The third kappa shape index (κ3) is 6.57. The van der Waals surface area contributed by atoms with Crippen molar-refractivity contribution >= 4 is 22.9 Å². The molecule has 5 N–H and O–H groups in total. The predicted molar refractivity (Wildman–Crippen MR) is 134 cm³/mol. The van der Waals surface area contributed by atoms with Crippen LogP contribution in [0.4, 0.5) is 0 Å². The van der Waals surface area contributed by atoms with E-state index in [9.17, 15) is 29.7 Å². The standard InChI is InChI=1S/C26H31N3O8/c1-14-8-18-19(9-15(14)2)29(12-20(31)24(34)21(32)13-30)26(36)23(28-18)25(35)27-11-17-6-4-16(5-7-17)10-22(33)37-3/h4-9,20-21,24,30-32,34H,10-13H2,1-3H3,(H,27,35)/t20-,21+,24-/m0/s1. The molecule has 1 amide bonds. The van der Waals surface area contributed by atoms with Gasteiger partial charge in [-0.25, -0.2) is 4.98 Å². The number of aromatic nitrogens is 2. The van der Waals surface area contributed by atoms with Gasteiger partial charge in [-0.15, -0.1) is 0 Å². The highest BCUT2D eigenvalue weighted by molar-refractivity contribution is 5.94. The Hall–Kier alpha value is -3.64. The highest BCUT2D eigenvalue weighted by Crippen LogP contribution is 2.18. The molecule has 0 aliphatic carbocycles. The lowest BCUT2D eigenvalue weighted by atomic mass is 10.1. The molecule has 3 atom stereocenters. The molecule has 3 rings (SSSR count). The zero-order chi connectivity index (χ0) is 27.3. The molecule has 1 aromatic heterocycles. The first kappa shape index (κ1) is 27.9. The second kappa shape index (κ2) is 12.1. The number of carbonyl (C=O) groups is 2. The number of aliphatic hydroxyl groups is 4. The SMILES string of the molecule is COC(=O)Cc1ccc(CNC(=O)c2nc3cc(C)c(C)cc3n(C[C@H](O)[C@H](O)[C@H](O)CO)c2=O)cc1. The van der Waals surface area contributed by atoms with Crippen molar-refractivity contribution in [1.29, 1.82) is 0 Å². The van der Waals surface area contributed by atoms with Crippen molar-refractivity contribution in [2.75, 3.05) is 13.7 Å². The molecule has 0 bridgehead atoms. The van der Waals surface area contributed by atoms with Crippen LogP contribution in [-0.2, 0) is 29.0 Å². The van der Waals surface area contributed by atoms with Crippen molar-refractivity contribution < 1.29 is 34.8 Å². The average Bonchev–Trinajstić information content (AvgIpc) is 2.89. The fourth-order valence-corrected chi connectivity index (χ4v) is 3.77. The van der Waals surface area contributed by atoms with Crippen LogP contribution in [0, 0.1) is 13.8 Å². The molecule has 2 aromatic carbocycles. The summed E-state index contributed by atoms with van der Waals surface area (Å²) in [5.41, 5.74) is 2.69. The van der Waals surface area contributed by atoms with E-state index in [0.717, 1.165) is 26.8 Å². The van der Waals surface area contributed by atoms with Gasteiger partial charge in [-0.2, -0.15) is 0 Å². The number of nitrogens with one attached hydrogen (secondary N) is 1. The van der Waals surface area contributed by atoms with Gasteiger partial charge in [-0.05, 0) is 48.2 Å². The Morgan fingerprint density at radius 1 is 1.03 bits per heavy atom. The molecule has 11 heteroatoms. The molecule has 0 saturated heterocycles. The van der Waals surface area contributed by atoms with Crippen LogP contribution in [0.3, 0.4) is 0 Å². The van der Waals surface area contributed by atoms with Crippen molar-refractivity contribution in [3.05, 3.63) is 74.7 Å². The van der Waals surface area contributed by atoms with Gasteiger partial charge in [0.1, 0.15) is 18.3 Å². The summed E-state index contributed by atoms with van der Waals surface area (Å²) in [5, 5.41) is 41.9. The van der Waals surface area contributed by atoms with E-state index < -0.39 is 48.6 Å². The van der Waals surface area contributed by atoms with Crippen LogP contribution in [0.2, 0.25) is 0 Å². The molecule has 11 nitrogen and oxygen atoms in total. The minimum absolute atomic E-state index is 0.0907. The van der Waals surface area contributed by atoms with Crippen LogP contribution in [0.5, 0.6) is 0 Å². The molecule has 3 aromatic rings. The number of hydrogen-bond donors (Lipinski definition) is 5. The molecule has 0 aliphatic rings. The van der Waals surface area contributed by atoms with E-state index in [1.807, 2.05) is 13.8 Å². The van der Waals surface area contributed by atoms with Crippen molar-refractivity contribution in [2.24, 2.45) is 0 Å². The summed E-state index contributed by atoms with van der Waals surface area (Å²) in [4.78, 5) is 42.0. The topological polar surface area (TPSA) is 171 Å². The third-order valence-electron chi connectivity index (χ3n) is 6.17. The molecular weight excluding hydrogens is 482 g/mol. The number of ether oxygens (including phenoxy) is 1. The Morgan fingerprint density at radius 3 is 2.27 bits per heavy atom. The van der Waals surface area contributed by atoms with Gasteiger partial charge in [-0.1, -0.05) is 24.3 Å². The minimum atomic E-state index is -1.72. The fourth-order valence-electron chi connectivity index (χ4n) is 3.77. The predicted octanol–water partition coefficient (Wildman–Crippen LogP) is -0.266. The number of aliphatic hydroxyl groups excluding tert-OH is 4. The summed E-state index contributed by atoms with van der Waals surface area (Å²) in [6, 6.07) is 10.3. The van der Waals surface area contributed by atoms with Gasteiger partial charge in [0.05, 0.1) is 37.7 Å². The maximum atomic E-state index is 13.3. The number of hydrogen-bond acceptors (Lipinski definition) is 9. The Kier molecular flexibility index (Phi) is 9.11. The fraction of sp³-hybridized carbons (Fsp3) is 0.385. The lowest BCUT2D eigenvalue weighted by molar-refractivity contribution is -0.139. The zero-order valence-corrected chi connectivity index (χ0v) is 20.8. The van der Waals surface area contributed by atoms with Gasteiger partial charge < -0.3 is 35.0 Å². The van der Waals surface area contributed by atoms with Crippen LogP contribution in [0.1, 0.15) is 32.7 Å². The monoisotopic (exact) mass is 513 g/mol. The van der Waals surface area contributed by atoms with E-state index in [4.69, 9.17) is 5.11 Å². The molecular formula is C26H31N3O8. The second-order valence-electron chi connectivity index (χ2n) is 8.86. The average molecular weight is 514 g/mol. The van der Waals surface area contributed by atoms with Crippen molar-refractivity contribution in [3.63, 3.8) is 0 Å². The van der Waals surface area contributed by atoms with Crippen molar-refractivity contribution in [2.45, 2.75) is 51.7 Å². The molecule has 37 heavy (non-hydrogen) atoms. The lowest BCUT2D eigenvalue weighted by Gasteiger charge is -2.23. The molecule has 0 radical (unpaired) electrons. The number of esters is 1. The van der Waals surface area contributed by atoms with Crippen LogP contribution in [0.15, 0.2) is 41.2 Å². The van der Waals surface area contributed by atoms with E-state index in [1.165, 1.54) is 7.11 Å². The van der Waals surface area contributed by atoms with Gasteiger partial charge in [0, 0.05) is 6.54 Å². The zero-order valence-electron chi connectivity index (χ0n) is 20.8. The second-order valence-corrected chi connectivity index (χ2v) is 8.86. The normalized spacial score (nSPS) is 13.7. The van der Waals surface area contributed by atoms with Crippen molar-refractivity contribution in [1.82, 2.24) is 14.9 Å². The highest BCUT2D eigenvalue weighted by Gasteiger charge is 2.27. The number of amides is 1. The van der Waals surface area contributed by atoms with Gasteiger partial charge >= 0.3 is 5.97 Å². The van der Waals surface area contributed by atoms with E-state index in [1.54, 1.807) is 36.4 Å². The Bertz CT molecular complexity index is 1340. The van der Waals surface area contributed by atoms with E-state index in [0.29, 0.717) is 11.0 Å². The van der Waals surface area contributed by atoms with E-state index >= 15 is 0 Å². The van der Waals surface area contributed by atoms with Crippen LogP contribution in [0.25, 0.3) is 11.0 Å². The first-order chi connectivity index (χ1) is 17.5. The maximum absolute atomic E-state index is 13.3. The number of rotatable bonds is 10. The molecule has 0 unspecified atom stereocenters. The molecule has 0 fully saturated rings. The summed E-state index contributed by atoms with van der Waals surface area (Å²) in [6.07, 6.45) is -4.81. The van der Waals surface area contributed by atoms with E-state index in [-0.39, 0.29) is 18.9 Å².